The van der Waals surface area contributed by atoms with Crippen molar-refractivity contribution in [2.24, 2.45) is 0 Å². The third-order valence-corrected chi connectivity index (χ3v) is 7.66. The summed E-state index contributed by atoms with van der Waals surface area (Å²) >= 11 is 1.71. The molecular weight excluding hydrogens is 438 g/mol. The van der Waals surface area contributed by atoms with Gasteiger partial charge in [-0.3, -0.25) is 4.79 Å². The molecule has 0 fully saturated rings. The molecule has 0 unspecified atom stereocenters. The van der Waals surface area contributed by atoms with Crippen molar-refractivity contribution in [1.82, 2.24) is 14.5 Å². The van der Waals surface area contributed by atoms with Crippen LogP contribution in [0.1, 0.15) is 44.2 Å². The molecule has 8 heteroatoms. The Labute approximate surface area is 195 Å². The van der Waals surface area contributed by atoms with Gasteiger partial charge in [0.2, 0.25) is 18.5 Å². The molecule has 3 aromatic heterocycles. The first-order valence-corrected chi connectivity index (χ1v) is 11.9. The Morgan fingerprint density at radius 2 is 2.03 bits per heavy atom. The summed E-state index contributed by atoms with van der Waals surface area (Å²) in [6.45, 7) is 4.84. The molecule has 1 aliphatic carbocycles. The average molecular weight is 462 g/mol. The van der Waals surface area contributed by atoms with E-state index < -0.39 is 0 Å². The third kappa shape index (κ3) is 3.45. The van der Waals surface area contributed by atoms with Gasteiger partial charge < -0.3 is 18.8 Å². The van der Waals surface area contributed by atoms with E-state index in [2.05, 4.69) is 14.5 Å². The van der Waals surface area contributed by atoms with Crippen molar-refractivity contribution in [3.8, 4) is 17.4 Å². The van der Waals surface area contributed by atoms with E-state index >= 15 is 0 Å². The summed E-state index contributed by atoms with van der Waals surface area (Å²) in [5.41, 5.74) is 5.00. The minimum atomic E-state index is -0.0568. The lowest BCUT2D eigenvalue weighted by molar-refractivity contribution is 0.0918. The second-order valence-electron chi connectivity index (χ2n) is 8.49. The van der Waals surface area contributed by atoms with Gasteiger partial charge in [-0.1, -0.05) is 6.07 Å². The molecule has 1 aliphatic heterocycles. The molecule has 0 radical (unpaired) electrons. The predicted octanol–water partition coefficient (Wildman–Crippen LogP) is 4.64. The zero-order chi connectivity index (χ0) is 22.5. The number of fused-ring (bicyclic) bond motifs is 4. The van der Waals surface area contributed by atoms with Crippen molar-refractivity contribution in [3.63, 3.8) is 0 Å². The van der Waals surface area contributed by atoms with E-state index in [-0.39, 0.29) is 19.2 Å². The van der Waals surface area contributed by atoms with Gasteiger partial charge in [0.05, 0.1) is 5.39 Å². The maximum Gasteiger partial charge on any atom is 0.231 e. The molecule has 0 saturated carbocycles. The Bertz CT molecular complexity index is 1400. The monoisotopic (exact) mass is 461 g/mol. The van der Waals surface area contributed by atoms with Gasteiger partial charge in [0, 0.05) is 28.4 Å². The Kier molecular flexibility index (Phi) is 4.83. The summed E-state index contributed by atoms with van der Waals surface area (Å²) in [7, 11) is 0. The van der Waals surface area contributed by atoms with Crippen LogP contribution in [0.5, 0.6) is 17.4 Å². The van der Waals surface area contributed by atoms with E-state index in [0.717, 1.165) is 57.9 Å². The van der Waals surface area contributed by atoms with Gasteiger partial charge in [0.1, 0.15) is 11.2 Å². The number of benzene rings is 1. The van der Waals surface area contributed by atoms with Crippen LogP contribution in [0.4, 0.5) is 0 Å². The highest BCUT2D eigenvalue weighted by molar-refractivity contribution is 7.18. The van der Waals surface area contributed by atoms with Crippen LogP contribution < -0.4 is 14.2 Å². The molecule has 33 heavy (non-hydrogen) atoms. The van der Waals surface area contributed by atoms with E-state index in [4.69, 9.17) is 14.2 Å². The number of hydrogen-bond donors (Lipinski definition) is 0. The highest BCUT2D eigenvalue weighted by Crippen LogP contribution is 2.40. The van der Waals surface area contributed by atoms with Gasteiger partial charge in [0.15, 0.2) is 18.1 Å². The fourth-order valence-corrected chi connectivity index (χ4v) is 5.99. The van der Waals surface area contributed by atoms with Gasteiger partial charge in [-0.25, -0.2) is 9.97 Å². The zero-order valence-corrected chi connectivity index (χ0v) is 19.3. The Balaban J connectivity index is 1.22. The molecule has 6 rings (SSSR count). The molecule has 0 N–H and O–H groups in total. The largest absolute Gasteiger partial charge is 0.469 e. The summed E-state index contributed by atoms with van der Waals surface area (Å²) in [4.78, 5) is 24.2. The molecule has 0 spiro atoms. The molecule has 0 saturated heterocycles. The van der Waals surface area contributed by atoms with Crippen molar-refractivity contribution in [2.45, 2.75) is 39.7 Å². The number of ether oxygens (including phenoxy) is 3. The maximum atomic E-state index is 13.1. The Morgan fingerprint density at radius 1 is 1.15 bits per heavy atom. The van der Waals surface area contributed by atoms with Gasteiger partial charge >= 0.3 is 0 Å². The number of aryl methyl sites for hydroxylation is 3. The molecule has 0 bridgehead atoms. The number of rotatable bonds is 6. The van der Waals surface area contributed by atoms with Gasteiger partial charge in [-0.15, -0.1) is 11.3 Å². The van der Waals surface area contributed by atoms with Crippen LogP contribution in [0.2, 0.25) is 0 Å². The second kappa shape index (κ2) is 7.88. The van der Waals surface area contributed by atoms with Gasteiger partial charge in [-0.2, -0.15) is 0 Å². The first-order valence-electron chi connectivity index (χ1n) is 11.0. The van der Waals surface area contributed by atoms with E-state index in [1.54, 1.807) is 11.3 Å². The second-order valence-corrected chi connectivity index (χ2v) is 9.57. The highest BCUT2D eigenvalue weighted by atomic mass is 32.1. The smallest absolute Gasteiger partial charge is 0.231 e. The van der Waals surface area contributed by atoms with Crippen molar-refractivity contribution in [3.05, 3.63) is 63.5 Å². The van der Waals surface area contributed by atoms with Crippen molar-refractivity contribution in [2.75, 3.05) is 13.4 Å². The third-order valence-electron chi connectivity index (χ3n) is 6.46. The molecular formula is C25H23N3O4S. The van der Waals surface area contributed by atoms with Gasteiger partial charge in [0.25, 0.3) is 0 Å². The van der Waals surface area contributed by atoms with Crippen molar-refractivity contribution >= 4 is 27.3 Å². The lowest BCUT2D eigenvalue weighted by Gasteiger charge is -2.11. The quantitative estimate of drug-likeness (QED) is 0.390. The molecule has 0 atom stereocenters. The first-order chi connectivity index (χ1) is 16.1. The van der Waals surface area contributed by atoms with Crippen LogP contribution in [0, 0.1) is 13.8 Å². The zero-order valence-electron chi connectivity index (χ0n) is 18.5. The summed E-state index contributed by atoms with van der Waals surface area (Å²) in [6, 6.07) is 7.88. The molecule has 1 aromatic carbocycles. The minimum absolute atomic E-state index is 0.0505. The normalized spacial score (nSPS) is 14.1. The number of thiophene rings is 1. The molecule has 4 aromatic rings. The Morgan fingerprint density at radius 3 is 2.94 bits per heavy atom. The lowest BCUT2D eigenvalue weighted by atomic mass is 10.1. The van der Waals surface area contributed by atoms with Crippen LogP contribution in [-0.4, -0.2) is 33.7 Å². The van der Waals surface area contributed by atoms with E-state index in [0.29, 0.717) is 18.0 Å². The average Bonchev–Trinajstić information content (AvgIpc) is 3.57. The standard InChI is InChI=1S/C25H23N3O4S/c1-14-8-18(15(2)28(14)10-16-6-7-20-21(9-16)32-13-31-20)19(29)11-30-24-23-17-4-3-5-22(17)33-25(23)27-12-26-24/h6-9,12H,3-5,10-11,13H2,1-2H3. The summed E-state index contributed by atoms with van der Waals surface area (Å²) in [6.07, 6.45) is 4.78. The first kappa shape index (κ1) is 20.2. The van der Waals surface area contributed by atoms with E-state index in [1.807, 2.05) is 38.1 Å². The Hall–Kier alpha value is -3.39. The number of hydrogen-bond acceptors (Lipinski definition) is 7. The van der Waals surface area contributed by atoms with Crippen LogP contribution >= 0.6 is 11.3 Å². The molecule has 4 heterocycles. The summed E-state index contributed by atoms with van der Waals surface area (Å²) < 4.78 is 19.0. The highest BCUT2D eigenvalue weighted by Gasteiger charge is 2.23. The summed E-state index contributed by atoms with van der Waals surface area (Å²) in [5.74, 6) is 1.99. The molecule has 168 valence electrons. The van der Waals surface area contributed by atoms with Gasteiger partial charge in [-0.05, 0) is 62.4 Å². The minimum Gasteiger partial charge on any atom is -0.469 e. The van der Waals surface area contributed by atoms with Crippen LogP contribution in [0.25, 0.3) is 10.2 Å². The summed E-state index contributed by atoms with van der Waals surface area (Å²) in [5, 5.41) is 0.982. The fraction of sp³-hybridized carbons (Fsp3) is 0.320. The van der Waals surface area contributed by atoms with E-state index in [9.17, 15) is 4.79 Å². The maximum absolute atomic E-state index is 13.1. The van der Waals surface area contributed by atoms with Crippen LogP contribution in [0.3, 0.4) is 0 Å². The predicted molar refractivity (Wildman–Crippen MR) is 125 cm³/mol. The fourth-order valence-electron chi connectivity index (χ4n) is 4.77. The number of Topliss-reactive ketones (excluding diaryl/α,β-unsaturated/α-hetero) is 1. The molecule has 2 aliphatic rings. The number of carbonyl (C=O) groups excluding carboxylic acids is 1. The van der Waals surface area contributed by atoms with Crippen molar-refractivity contribution < 1.29 is 19.0 Å². The lowest BCUT2D eigenvalue weighted by Crippen LogP contribution is -2.14. The number of nitrogens with zero attached hydrogens (tertiary/aromatic N) is 3. The number of aromatic nitrogens is 3. The van der Waals surface area contributed by atoms with Crippen LogP contribution in [-0.2, 0) is 19.4 Å². The number of ketones is 1. The molecule has 0 amide bonds. The SMILES string of the molecule is Cc1cc(C(=O)COc2ncnc3sc4c(c23)CCC4)c(C)n1Cc1ccc2c(c1)OCO2. The van der Waals surface area contributed by atoms with E-state index in [1.165, 1.54) is 16.8 Å². The van der Waals surface area contributed by atoms with Crippen molar-refractivity contribution in [1.29, 1.82) is 0 Å². The molecule has 7 nitrogen and oxygen atoms in total. The topological polar surface area (TPSA) is 75.5 Å². The van der Waals surface area contributed by atoms with Crippen LogP contribution in [0.15, 0.2) is 30.6 Å². The number of carbonyl (C=O) groups is 1.